The normalized spacial score (nSPS) is 11.0. The molecule has 0 bridgehead atoms. The number of hydrogen-bond donors (Lipinski definition) is 1. The summed E-state index contributed by atoms with van der Waals surface area (Å²) in [5.74, 6) is 0.740. The Kier molecular flexibility index (Phi) is 3.76. The SMILES string of the molecule is Cc1sccc1CNCC(C)C. The zero-order valence-corrected chi connectivity index (χ0v) is 8.87. The van der Waals surface area contributed by atoms with Crippen LogP contribution in [0.25, 0.3) is 0 Å². The topological polar surface area (TPSA) is 12.0 Å². The van der Waals surface area contributed by atoms with Crippen LogP contribution in [-0.4, -0.2) is 6.54 Å². The lowest BCUT2D eigenvalue weighted by molar-refractivity contribution is 0.552. The van der Waals surface area contributed by atoms with Crippen molar-refractivity contribution in [2.45, 2.75) is 27.3 Å². The van der Waals surface area contributed by atoms with Crippen LogP contribution in [0.15, 0.2) is 11.4 Å². The largest absolute Gasteiger partial charge is 0.312 e. The van der Waals surface area contributed by atoms with Crippen molar-refractivity contribution in [3.63, 3.8) is 0 Å². The first-order chi connectivity index (χ1) is 5.70. The molecule has 0 radical (unpaired) electrons. The first kappa shape index (κ1) is 9.75. The van der Waals surface area contributed by atoms with E-state index in [0.29, 0.717) is 0 Å². The fourth-order valence-corrected chi connectivity index (χ4v) is 1.82. The third kappa shape index (κ3) is 2.95. The fourth-order valence-electron chi connectivity index (χ4n) is 1.09. The Morgan fingerprint density at radius 1 is 1.50 bits per heavy atom. The van der Waals surface area contributed by atoms with Crippen LogP contribution >= 0.6 is 11.3 Å². The Morgan fingerprint density at radius 3 is 2.75 bits per heavy atom. The molecule has 1 nitrogen and oxygen atoms in total. The van der Waals surface area contributed by atoms with Crippen molar-refractivity contribution in [1.29, 1.82) is 0 Å². The second-order valence-electron chi connectivity index (χ2n) is 3.53. The quantitative estimate of drug-likeness (QED) is 0.757. The second kappa shape index (κ2) is 4.63. The second-order valence-corrected chi connectivity index (χ2v) is 4.65. The van der Waals surface area contributed by atoms with Gasteiger partial charge in [0.15, 0.2) is 0 Å². The zero-order chi connectivity index (χ0) is 8.97. The number of thiophene rings is 1. The molecule has 0 aliphatic rings. The first-order valence-corrected chi connectivity index (χ1v) is 5.32. The van der Waals surface area contributed by atoms with Crippen LogP contribution in [-0.2, 0) is 6.54 Å². The van der Waals surface area contributed by atoms with E-state index in [-0.39, 0.29) is 0 Å². The molecule has 0 fully saturated rings. The molecule has 0 unspecified atom stereocenters. The summed E-state index contributed by atoms with van der Waals surface area (Å²) < 4.78 is 0. The van der Waals surface area contributed by atoms with Crippen molar-refractivity contribution in [3.8, 4) is 0 Å². The van der Waals surface area contributed by atoms with Gasteiger partial charge in [0.05, 0.1) is 0 Å². The third-order valence-electron chi connectivity index (χ3n) is 1.83. The highest BCUT2D eigenvalue weighted by molar-refractivity contribution is 7.10. The highest BCUT2D eigenvalue weighted by atomic mass is 32.1. The van der Waals surface area contributed by atoms with Crippen molar-refractivity contribution in [1.82, 2.24) is 5.32 Å². The third-order valence-corrected chi connectivity index (χ3v) is 2.72. The Hall–Kier alpha value is -0.340. The minimum atomic E-state index is 0.740. The highest BCUT2D eigenvalue weighted by Gasteiger charge is 1.98. The van der Waals surface area contributed by atoms with E-state index < -0.39 is 0 Å². The summed E-state index contributed by atoms with van der Waals surface area (Å²) in [6, 6.07) is 2.20. The minimum Gasteiger partial charge on any atom is -0.312 e. The molecular weight excluding hydrogens is 166 g/mol. The monoisotopic (exact) mass is 183 g/mol. The fraction of sp³-hybridized carbons (Fsp3) is 0.600. The molecule has 1 aromatic rings. The lowest BCUT2D eigenvalue weighted by atomic mass is 10.2. The minimum absolute atomic E-state index is 0.740. The first-order valence-electron chi connectivity index (χ1n) is 4.44. The summed E-state index contributed by atoms with van der Waals surface area (Å²) in [4.78, 5) is 1.44. The molecule has 0 saturated carbocycles. The van der Waals surface area contributed by atoms with Crippen molar-refractivity contribution >= 4 is 11.3 Å². The molecule has 0 amide bonds. The van der Waals surface area contributed by atoms with Gasteiger partial charge in [-0.1, -0.05) is 13.8 Å². The maximum atomic E-state index is 3.43. The van der Waals surface area contributed by atoms with Crippen molar-refractivity contribution in [2.24, 2.45) is 5.92 Å². The van der Waals surface area contributed by atoms with E-state index in [1.54, 1.807) is 0 Å². The summed E-state index contributed by atoms with van der Waals surface area (Å²) in [6.07, 6.45) is 0. The summed E-state index contributed by atoms with van der Waals surface area (Å²) in [5.41, 5.74) is 1.45. The van der Waals surface area contributed by atoms with E-state index in [9.17, 15) is 0 Å². The number of aryl methyl sites for hydroxylation is 1. The average Bonchev–Trinajstić information content (AvgIpc) is 2.36. The Bertz CT molecular complexity index is 227. The van der Waals surface area contributed by atoms with Gasteiger partial charge < -0.3 is 5.32 Å². The standard InChI is InChI=1S/C10H17NS/c1-8(2)6-11-7-10-4-5-12-9(10)3/h4-5,8,11H,6-7H2,1-3H3. The van der Waals surface area contributed by atoms with Gasteiger partial charge in [-0.3, -0.25) is 0 Å². The molecule has 1 rings (SSSR count). The van der Waals surface area contributed by atoms with Crippen molar-refractivity contribution in [3.05, 3.63) is 21.9 Å². The van der Waals surface area contributed by atoms with Crippen LogP contribution < -0.4 is 5.32 Å². The maximum Gasteiger partial charge on any atom is 0.0216 e. The van der Waals surface area contributed by atoms with E-state index >= 15 is 0 Å². The summed E-state index contributed by atoms with van der Waals surface area (Å²) in [5, 5.41) is 5.59. The van der Waals surface area contributed by atoms with Crippen molar-refractivity contribution < 1.29 is 0 Å². The maximum absolute atomic E-state index is 3.43. The number of rotatable bonds is 4. The van der Waals surface area contributed by atoms with Gasteiger partial charge in [0.2, 0.25) is 0 Å². The Balaban J connectivity index is 2.29. The Morgan fingerprint density at radius 2 is 2.25 bits per heavy atom. The molecule has 0 atom stereocenters. The molecule has 0 spiro atoms. The van der Waals surface area contributed by atoms with Gasteiger partial charge >= 0.3 is 0 Å². The molecule has 68 valence electrons. The zero-order valence-electron chi connectivity index (χ0n) is 8.05. The molecule has 1 aromatic heterocycles. The highest BCUT2D eigenvalue weighted by Crippen LogP contribution is 2.14. The van der Waals surface area contributed by atoms with Gasteiger partial charge in [-0.05, 0) is 36.4 Å². The van der Waals surface area contributed by atoms with Gasteiger partial charge in [0, 0.05) is 11.4 Å². The van der Waals surface area contributed by atoms with Crippen molar-refractivity contribution in [2.75, 3.05) is 6.54 Å². The lowest BCUT2D eigenvalue weighted by Gasteiger charge is -2.06. The average molecular weight is 183 g/mol. The lowest BCUT2D eigenvalue weighted by Crippen LogP contribution is -2.18. The molecule has 0 aliphatic heterocycles. The van der Waals surface area contributed by atoms with Crippen LogP contribution in [0.2, 0.25) is 0 Å². The molecule has 1 N–H and O–H groups in total. The van der Waals surface area contributed by atoms with Crippen LogP contribution in [0, 0.1) is 12.8 Å². The van der Waals surface area contributed by atoms with Gasteiger partial charge in [0.25, 0.3) is 0 Å². The van der Waals surface area contributed by atoms with E-state index in [2.05, 4.69) is 37.5 Å². The molecular formula is C10H17NS. The van der Waals surface area contributed by atoms with Crippen LogP contribution in [0.1, 0.15) is 24.3 Å². The summed E-state index contributed by atoms with van der Waals surface area (Å²) >= 11 is 1.82. The van der Waals surface area contributed by atoms with Gasteiger partial charge in [-0.2, -0.15) is 0 Å². The van der Waals surface area contributed by atoms with Gasteiger partial charge in [0.1, 0.15) is 0 Å². The van der Waals surface area contributed by atoms with Crippen LogP contribution in [0.5, 0.6) is 0 Å². The number of hydrogen-bond acceptors (Lipinski definition) is 2. The summed E-state index contributed by atoms with van der Waals surface area (Å²) in [7, 11) is 0. The van der Waals surface area contributed by atoms with E-state index in [1.807, 2.05) is 11.3 Å². The molecule has 1 heterocycles. The van der Waals surface area contributed by atoms with Gasteiger partial charge in [-0.15, -0.1) is 11.3 Å². The molecule has 12 heavy (non-hydrogen) atoms. The molecule has 0 aromatic carbocycles. The molecule has 0 saturated heterocycles. The Labute approximate surface area is 78.8 Å². The molecule has 0 aliphatic carbocycles. The number of nitrogens with one attached hydrogen (secondary N) is 1. The van der Waals surface area contributed by atoms with E-state index in [0.717, 1.165) is 19.0 Å². The van der Waals surface area contributed by atoms with Crippen LogP contribution in [0.3, 0.4) is 0 Å². The smallest absolute Gasteiger partial charge is 0.0216 e. The molecule has 2 heteroatoms. The van der Waals surface area contributed by atoms with E-state index in [4.69, 9.17) is 0 Å². The summed E-state index contributed by atoms with van der Waals surface area (Å²) in [6.45, 7) is 8.76. The predicted molar refractivity (Wildman–Crippen MR) is 55.6 cm³/mol. The van der Waals surface area contributed by atoms with E-state index in [1.165, 1.54) is 10.4 Å². The van der Waals surface area contributed by atoms with Gasteiger partial charge in [-0.25, -0.2) is 0 Å². The predicted octanol–water partition coefficient (Wildman–Crippen LogP) is 2.80. The van der Waals surface area contributed by atoms with Crippen LogP contribution in [0.4, 0.5) is 0 Å².